The zero-order valence-corrected chi connectivity index (χ0v) is 15.0. The minimum Gasteiger partial charge on any atom is -0.461 e. The first-order valence-corrected chi connectivity index (χ1v) is 9.37. The van der Waals surface area contributed by atoms with E-state index in [2.05, 4.69) is 24.3 Å². The Bertz CT molecular complexity index is 527. The van der Waals surface area contributed by atoms with Gasteiger partial charge in [-0.25, -0.2) is 4.79 Å². The fourth-order valence-electron chi connectivity index (χ4n) is 3.98. The summed E-state index contributed by atoms with van der Waals surface area (Å²) in [4.78, 5) is 15.7. The zero-order chi connectivity index (χ0) is 17.5. The summed E-state index contributed by atoms with van der Waals surface area (Å²) in [5.74, 6) is -0.0905. The number of hydrogen-bond acceptors (Lipinski definition) is 4. The smallest absolute Gasteiger partial charge is 0.371 e. The van der Waals surface area contributed by atoms with E-state index in [4.69, 9.17) is 14.2 Å². The highest BCUT2D eigenvalue weighted by Gasteiger charge is 2.46. The normalized spacial score (nSPS) is 22.3. The third-order valence-electron chi connectivity index (χ3n) is 5.18. The number of nitrogens with one attached hydrogen (secondary N) is 2. The molecule has 0 spiro atoms. The molecule has 1 aromatic carbocycles. The summed E-state index contributed by atoms with van der Waals surface area (Å²) in [6.07, 6.45) is 0. The van der Waals surface area contributed by atoms with Gasteiger partial charge in [-0.05, 0) is 6.92 Å². The number of morpholine rings is 2. The van der Waals surface area contributed by atoms with Crippen molar-refractivity contribution in [3.05, 3.63) is 35.9 Å². The quantitative estimate of drug-likeness (QED) is 0.613. The maximum atomic E-state index is 13.0. The van der Waals surface area contributed by atoms with Gasteiger partial charge in [-0.3, -0.25) is 0 Å². The number of carbonyl (C=O) groups excluding carboxylic acids is 1. The summed E-state index contributed by atoms with van der Waals surface area (Å²) < 4.78 is 16.6. The largest absolute Gasteiger partial charge is 0.461 e. The molecular formula is C19H30N2O4+2. The molecule has 0 saturated carbocycles. The fourth-order valence-corrected chi connectivity index (χ4v) is 3.98. The van der Waals surface area contributed by atoms with E-state index >= 15 is 0 Å². The maximum absolute atomic E-state index is 13.0. The number of ether oxygens (including phenoxy) is 3. The van der Waals surface area contributed by atoms with Crippen LogP contribution in [0, 0.1) is 0 Å². The molecule has 2 N–H and O–H groups in total. The Labute approximate surface area is 149 Å². The van der Waals surface area contributed by atoms with E-state index in [1.807, 2.05) is 13.0 Å². The van der Waals surface area contributed by atoms with Crippen LogP contribution in [-0.2, 0) is 19.0 Å². The lowest BCUT2D eigenvalue weighted by Crippen LogP contribution is -3.26. The topological polar surface area (TPSA) is 53.6 Å². The van der Waals surface area contributed by atoms with Gasteiger partial charge in [-0.15, -0.1) is 0 Å². The summed E-state index contributed by atoms with van der Waals surface area (Å²) in [6, 6.07) is 10.3. The highest BCUT2D eigenvalue weighted by atomic mass is 16.5. The summed E-state index contributed by atoms with van der Waals surface area (Å²) in [7, 11) is 0. The SMILES string of the molecule is CCOC(=O)[C@H]([C@H](c1ccccc1)[NH+]1CCOCC1)[NH+]1CCOCC1. The minimum atomic E-state index is -0.209. The van der Waals surface area contributed by atoms with Crippen LogP contribution in [0.15, 0.2) is 30.3 Å². The first-order chi connectivity index (χ1) is 12.3. The molecule has 6 nitrogen and oxygen atoms in total. The molecule has 3 rings (SSSR count). The van der Waals surface area contributed by atoms with Crippen molar-refractivity contribution in [1.82, 2.24) is 0 Å². The van der Waals surface area contributed by atoms with Gasteiger partial charge in [0.05, 0.1) is 33.0 Å². The first-order valence-electron chi connectivity index (χ1n) is 9.37. The van der Waals surface area contributed by atoms with Crippen LogP contribution in [0.3, 0.4) is 0 Å². The van der Waals surface area contributed by atoms with Crippen LogP contribution >= 0.6 is 0 Å². The monoisotopic (exact) mass is 350 g/mol. The molecule has 138 valence electrons. The molecule has 6 heteroatoms. The second kappa shape index (κ2) is 9.29. The Morgan fingerprint density at radius 3 is 2.12 bits per heavy atom. The van der Waals surface area contributed by atoms with E-state index in [0.717, 1.165) is 39.4 Å². The average Bonchev–Trinajstić information content (AvgIpc) is 2.68. The molecule has 2 aliphatic heterocycles. The zero-order valence-electron chi connectivity index (χ0n) is 15.0. The molecule has 0 aliphatic carbocycles. The first kappa shape index (κ1) is 18.3. The second-order valence-corrected chi connectivity index (χ2v) is 6.66. The van der Waals surface area contributed by atoms with E-state index in [1.54, 1.807) is 0 Å². The summed E-state index contributed by atoms with van der Waals surface area (Å²) in [6.45, 7) is 8.70. The summed E-state index contributed by atoms with van der Waals surface area (Å²) in [5, 5.41) is 0. The number of carbonyl (C=O) groups is 1. The predicted octanol–water partition coefficient (Wildman–Crippen LogP) is -1.51. The third kappa shape index (κ3) is 4.58. The predicted molar refractivity (Wildman–Crippen MR) is 92.6 cm³/mol. The van der Waals surface area contributed by atoms with Crippen LogP contribution in [0.1, 0.15) is 18.5 Å². The molecule has 2 heterocycles. The summed E-state index contributed by atoms with van der Waals surface area (Å²) in [5.41, 5.74) is 1.21. The molecule has 2 fully saturated rings. The van der Waals surface area contributed by atoms with Gasteiger partial charge in [0.15, 0.2) is 6.04 Å². The van der Waals surface area contributed by atoms with Crippen molar-refractivity contribution in [2.45, 2.75) is 19.0 Å². The number of quaternary nitrogens is 2. The molecule has 0 aromatic heterocycles. The van der Waals surface area contributed by atoms with Gasteiger partial charge < -0.3 is 24.0 Å². The number of hydrogen-bond donors (Lipinski definition) is 2. The van der Waals surface area contributed by atoms with Gasteiger partial charge in [0.25, 0.3) is 0 Å². The van der Waals surface area contributed by atoms with E-state index < -0.39 is 0 Å². The van der Waals surface area contributed by atoms with Crippen LogP contribution in [0.4, 0.5) is 0 Å². The van der Waals surface area contributed by atoms with Gasteiger partial charge in [-0.2, -0.15) is 0 Å². The second-order valence-electron chi connectivity index (χ2n) is 6.66. The molecule has 0 bridgehead atoms. The van der Waals surface area contributed by atoms with Crippen molar-refractivity contribution in [2.24, 2.45) is 0 Å². The molecule has 0 radical (unpaired) electrons. The molecule has 0 amide bonds. The van der Waals surface area contributed by atoms with Crippen molar-refractivity contribution < 1.29 is 28.8 Å². The number of benzene rings is 1. The van der Waals surface area contributed by atoms with Gasteiger partial charge in [-0.1, -0.05) is 30.3 Å². The Kier molecular flexibility index (Phi) is 6.81. The molecule has 2 atom stereocenters. The van der Waals surface area contributed by atoms with Crippen molar-refractivity contribution in [3.8, 4) is 0 Å². The van der Waals surface area contributed by atoms with Gasteiger partial charge in [0, 0.05) is 5.56 Å². The average molecular weight is 350 g/mol. The number of esters is 1. The molecule has 2 saturated heterocycles. The van der Waals surface area contributed by atoms with Crippen LogP contribution in [0.5, 0.6) is 0 Å². The highest BCUT2D eigenvalue weighted by Crippen LogP contribution is 2.14. The van der Waals surface area contributed by atoms with E-state index in [9.17, 15) is 4.79 Å². The van der Waals surface area contributed by atoms with Gasteiger partial charge in [0.1, 0.15) is 26.2 Å². The van der Waals surface area contributed by atoms with Gasteiger partial charge in [0.2, 0.25) is 6.04 Å². The summed E-state index contributed by atoms with van der Waals surface area (Å²) >= 11 is 0. The molecule has 2 aliphatic rings. The lowest BCUT2D eigenvalue weighted by atomic mass is 9.95. The van der Waals surface area contributed by atoms with E-state index in [1.165, 1.54) is 15.4 Å². The van der Waals surface area contributed by atoms with Crippen LogP contribution in [0.25, 0.3) is 0 Å². The van der Waals surface area contributed by atoms with Crippen LogP contribution in [0.2, 0.25) is 0 Å². The van der Waals surface area contributed by atoms with Crippen LogP contribution in [-0.4, -0.2) is 71.2 Å². The highest BCUT2D eigenvalue weighted by molar-refractivity contribution is 5.75. The van der Waals surface area contributed by atoms with Crippen molar-refractivity contribution in [2.75, 3.05) is 59.2 Å². The van der Waals surface area contributed by atoms with Crippen molar-refractivity contribution in [3.63, 3.8) is 0 Å². The molecular weight excluding hydrogens is 320 g/mol. The fraction of sp³-hybridized carbons (Fsp3) is 0.632. The van der Waals surface area contributed by atoms with Gasteiger partial charge >= 0.3 is 5.97 Å². The van der Waals surface area contributed by atoms with E-state index in [-0.39, 0.29) is 18.1 Å². The Morgan fingerprint density at radius 1 is 1.00 bits per heavy atom. The maximum Gasteiger partial charge on any atom is 0.371 e. The standard InChI is InChI=1S/C19H28N2O4/c1-2-25-19(22)18(21-10-14-24-15-11-21)17(16-6-4-3-5-7-16)20-8-12-23-13-9-20/h3-7,17-18H,2,8-15H2,1H3/p+2/t17-,18-/m0/s1. The van der Waals surface area contributed by atoms with E-state index in [0.29, 0.717) is 19.8 Å². The molecule has 25 heavy (non-hydrogen) atoms. The van der Waals surface area contributed by atoms with Crippen molar-refractivity contribution >= 4 is 5.97 Å². The van der Waals surface area contributed by atoms with Crippen molar-refractivity contribution in [1.29, 1.82) is 0 Å². The lowest BCUT2D eigenvalue weighted by molar-refractivity contribution is -0.999. The molecule has 0 unspecified atom stereocenters. The minimum absolute atomic E-state index is 0.0808. The Hall–Kier alpha value is -1.47. The number of rotatable bonds is 6. The lowest BCUT2D eigenvalue weighted by Gasteiger charge is -2.39. The van der Waals surface area contributed by atoms with Crippen LogP contribution < -0.4 is 9.80 Å². The molecule has 1 aromatic rings. The Morgan fingerprint density at radius 2 is 1.56 bits per heavy atom. The Balaban J connectivity index is 1.93. The third-order valence-corrected chi connectivity index (χ3v) is 5.18.